The zero-order chi connectivity index (χ0) is 20.0. The third kappa shape index (κ3) is 3.29. The summed E-state index contributed by atoms with van der Waals surface area (Å²) >= 11 is 0. The fourth-order valence-corrected chi connectivity index (χ4v) is 4.89. The molecule has 0 radical (unpaired) electrons. The number of benzene rings is 1. The number of hydrogen-bond donors (Lipinski definition) is 0. The number of piperidine rings is 1. The van der Waals surface area contributed by atoms with E-state index in [1.807, 2.05) is 48.2 Å². The second-order valence-corrected chi connectivity index (χ2v) is 8.50. The Bertz CT molecular complexity index is 1050. The summed E-state index contributed by atoms with van der Waals surface area (Å²) in [4.78, 5) is 26.3. The summed E-state index contributed by atoms with van der Waals surface area (Å²) in [6.07, 6.45) is 2.97. The van der Waals surface area contributed by atoms with E-state index in [1.165, 1.54) is 0 Å². The highest BCUT2D eigenvalue weighted by Crippen LogP contribution is 2.48. The zero-order valence-corrected chi connectivity index (χ0v) is 16.8. The van der Waals surface area contributed by atoms with Gasteiger partial charge < -0.3 is 9.42 Å². The molecule has 4 heterocycles. The van der Waals surface area contributed by atoms with Gasteiger partial charge in [0, 0.05) is 25.0 Å². The second kappa shape index (κ2) is 6.91. The number of amides is 1. The largest absolute Gasteiger partial charge is 0.338 e. The van der Waals surface area contributed by atoms with E-state index in [2.05, 4.69) is 27.1 Å². The van der Waals surface area contributed by atoms with Crippen LogP contribution in [0.3, 0.4) is 0 Å². The van der Waals surface area contributed by atoms with E-state index in [0.29, 0.717) is 17.4 Å². The van der Waals surface area contributed by atoms with E-state index in [1.54, 1.807) is 0 Å². The van der Waals surface area contributed by atoms with Gasteiger partial charge in [0.05, 0.1) is 11.6 Å². The Morgan fingerprint density at radius 3 is 2.69 bits per heavy atom. The van der Waals surface area contributed by atoms with Gasteiger partial charge in [0.1, 0.15) is 5.69 Å². The lowest BCUT2D eigenvalue weighted by Gasteiger charge is -2.39. The highest BCUT2D eigenvalue weighted by molar-refractivity contribution is 5.95. The summed E-state index contributed by atoms with van der Waals surface area (Å²) in [6.45, 7) is 4.37. The van der Waals surface area contributed by atoms with E-state index in [0.717, 1.165) is 49.8 Å². The van der Waals surface area contributed by atoms with Gasteiger partial charge in [-0.2, -0.15) is 4.98 Å². The summed E-state index contributed by atoms with van der Waals surface area (Å²) < 4.78 is 5.43. The number of nitrogens with zero attached hydrogens (tertiary/aromatic N) is 5. The molecule has 1 amide bonds. The van der Waals surface area contributed by atoms with Crippen molar-refractivity contribution in [1.82, 2.24) is 24.9 Å². The summed E-state index contributed by atoms with van der Waals surface area (Å²) in [5, 5.41) is 5.00. The van der Waals surface area contributed by atoms with E-state index < -0.39 is 0 Å². The lowest BCUT2D eigenvalue weighted by molar-refractivity contribution is 0.0588. The van der Waals surface area contributed by atoms with Crippen LogP contribution >= 0.6 is 0 Å². The molecule has 7 heteroatoms. The molecule has 2 saturated heterocycles. The number of para-hydroxylation sites is 1. The first-order valence-electron chi connectivity index (χ1n) is 10.2. The molecule has 1 unspecified atom stereocenters. The van der Waals surface area contributed by atoms with E-state index in [4.69, 9.17) is 4.52 Å². The topological polar surface area (TPSA) is 75.4 Å². The van der Waals surface area contributed by atoms with Crippen molar-refractivity contribution >= 4 is 16.8 Å². The van der Waals surface area contributed by atoms with Gasteiger partial charge in [0.2, 0.25) is 5.89 Å². The number of hydrogen-bond acceptors (Lipinski definition) is 6. The van der Waals surface area contributed by atoms with Crippen LogP contribution < -0.4 is 0 Å². The molecular weight excluding hydrogens is 366 g/mol. The van der Waals surface area contributed by atoms with Crippen LogP contribution in [0.2, 0.25) is 0 Å². The summed E-state index contributed by atoms with van der Waals surface area (Å²) in [7, 11) is 2.12. The van der Waals surface area contributed by atoms with Crippen molar-refractivity contribution in [2.75, 3.05) is 26.7 Å². The number of aromatic nitrogens is 3. The first kappa shape index (κ1) is 18.2. The lowest BCUT2D eigenvalue weighted by Crippen LogP contribution is -2.44. The maximum Gasteiger partial charge on any atom is 0.272 e. The molecule has 2 fully saturated rings. The molecule has 5 rings (SSSR count). The van der Waals surface area contributed by atoms with Crippen molar-refractivity contribution in [3.05, 3.63) is 53.8 Å². The van der Waals surface area contributed by atoms with E-state index in [-0.39, 0.29) is 17.4 Å². The minimum Gasteiger partial charge on any atom is -0.338 e. The molecule has 0 aliphatic carbocycles. The molecule has 2 aromatic heterocycles. The lowest BCUT2D eigenvalue weighted by atomic mass is 9.76. The van der Waals surface area contributed by atoms with Crippen molar-refractivity contribution in [3.8, 4) is 0 Å². The van der Waals surface area contributed by atoms with Crippen molar-refractivity contribution in [2.24, 2.45) is 5.41 Å². The molecule has 150 valence electrons. The standard InChI is InChI=1S/C22H25N5O2/c1-15-23-20(29-25-15)19-13-22(14-26(19)2)9-11-27(12-10-22)21(28)18-8-7-16-5-3-4-6-17(16)24-18/h3-8,19H,9-14H2,1-2H3. The molecule has 3 aromatic rings. The monoisotopic (exact) mass is 391 g/mol. The molecule has 1 spiro atoms. The van der Waals surface area contributed by atoms with Crippen LogP contribution in [0.1, 0.15) is 47.5 Å². The molecule has 0 saturated carbocycles. The van der Waals surface area contributed by atoms with Crippen LogP contribution in [0, 0.1) is 12.3 Å². The van der Waals surface area contributed by atoms with Gasteiger partial charge in [-0.3, -0.25) is 9.69 Å². The normalized spacial score (nSPS) is 21.9. The fourth-order valence-electron chi connectivity index (χ4n) is 4.89. The highest BCUT2D eigenvalue weighted by atomic mass is 16.5. The van der Waals surface area contributed by atoms with Crippen molar-refractivity contribution in [1.29, 1.82) is 0 Å². The zero-order valence-electron chi connectivity index (χ0n) is 16.8. The molecule has 0 bridgehead atoms. The Morgan fingerprint density at radius 1 is 1.14 bits per heavy atom. The van der Waals surface area contributed by atoms with Gasteiger partial charge in [0.25, 0.3) is 5.91 Å². The smallest absolute Gasteiger partial charge is 0.272 e. The maximum atomic E-state index is 13.0. The van der Waals surface area contributed by atoms with Gasteiger partial charge in [-0.15, -0.1) is 0 Å². The number of carbonyl (C=O) groups is 1. The summed E-state index contributed by atoms with van der Waals surface area (Å²) in [5.74, 6) is 1.42. The number of rotatable bonds is 2. The first-order valence-corrected chi connectivity index (χ1v) is 10.2. The molecule has 0 N–H and O–H groups in total. The van der Waals surface area contributed by atoms with Crippen LogP contribution in [0.15, 0.2) is 40.9 Å². The van der Waals surface area contributed by atoms with E-state index >= 15 is 0 Å². The van der Waals surface area contributed by atoms with Crippen LogP contribution in [-0.2, 0) is 0 Å². The molecule has 29 heavy (non-hydrogen) atoms. The summed E-state index contributed by atoms with van der Waals surface area (Å²) in [5.41, 5.74) is 1.60. The Labute approximate surface area is 169 Å². The number of carbonyl (C=O) groups excluding carboxylic acids is 1. The van der Waals surface area contributed by atoms with Crippen LogP contribution in [-0.4, -0.2) is 57.5 Å². The molecule has 7 nitrogen and oxygen atoms in total. The first-order chi connectivity index (χ1) is 14.0. The number of likely N-dealkylation sites (tertiary alicyclic amines) is 2. The quantitative estimate of drug-likeness (QED) is 0.668. The Hall–Kier alpha value is -2.80. The third-order valence-corrected chi connectivity index (χ3v) is 6.50. The molecular formula is C22H25N5O2. The molecule has 1 atom stereocenters. The Balaban J connectivity index is 1.28. The van der Waals surface area contributed by atoms with Crippen molar-refractivity contribution in [2.45, 2.75) is 32.2 Å². The van der Waals surface area contributed by atoms with Crippen LogP contribution in [0.25, 0.3) is 10.9 Å². The predicted octanol–water partition coefficient (Wildman–Crippen LogP) is 3.23. The van der Waals surface area contributed by atoms with Crippen LogP contribution in [0.5, 0.6) is 0 Å². The minimum absolute atomic E-state index is 0.0287. The van der Waals surface area contributed by atoms with Gasteiger partial charge in [-0.1, -0.05) is 29.4 Å². The Kier molecular flexibility index (Phi) is 4.35. The SMILES string of the molecule is Cc1noc(C2CC3(CCN(C(=O)c4ccc5ccccc5n4)CC3)CN2C)n1. The molecule has 2 aliphatic rings. The minimum atomic E-state index is 0.0287. The number of fused-ring (bicyclic) bond motifs is 1. The Morgan fingerprint density at radius 2 is 1.93 bits per heavy atom. The summed E-state index contributed by atoms with van der Waals surface area (Å²) in [6, 6.07) is 11.9. The van der Waals surface area contributed by atoms with Crippen LogP contribution in [0.4, 0.5) is 0 Å². The number of aryl methyl sites for hydroxylation is 1. The van der Waals surface area contributed by atoms with Gasteiger partial charge in [0.15, 0.2) is 5.82 Å². The molecule has 2 aliphatic heterocycles. The van der Waals surface area contributed by atoms with Gasteiger partial charge in [-0.25, -0.2) is 4.98 Å². The van der Waals surface area contributed by atoms with Crippen molar-refractivity contribution < 1.29 is 9.32 Å². The predicted molar refractivity (Wildman–Crippen MR) is 108 cm³/mol. The average Bonchev–Trinajstić information content (AvgIpc) is 3.30. The highest BCUT2D eigenvalue weighted by Gasteiger charge is 2.47. The van der Waals surface area contributed by atoms with Gasteiger partial charge in [-0.05, 0) is 50.8 Å². The fraction of sp³-hybridized carbons (Fsp3) is 0.455. The molecule has 1 aromatic carbocycles. The average molecular weight is 391 g/mol. The number of pyridine rings is 1. The van der Waals surface area contributed by atoms with Gasteiger partial charge >= 0.3 is 0 Å². The maximum absolute atomic E-state index is 13.0. The third-order valence-electron chi connectivity index (χ3n) is 6.50. The van der Waals surface area contributed by atoms with Crippen molar-refractivity contribution in [3.63, 3.8) is 0 Å². The second-order valence-electron chi connectivity index (χ2n) is 8.50. The van der Waals surface area contributed by atoms with E-state index in [9.17, 15) is 4.79 Å².